The number of ether oxygens (including phenoxy) is 1. The van der Waals surface area contributed by atoms with Crippen LogP contribution in [0, 0.1) is 11.7 Å². The summed E-state index contributed by atoms with van der Waals surface area (Å²) in [4.78, 5) is 20.2. The van der Waals surface area contributed by atoms with E-state index in [1.807, 2.05) is 38.1 Å². The minimum atomic E-state index is -0.289. The normalized spacial score (nSPS) is 15.8. The van der Waals surface area contributed by atoms with E-state index in [1.165, 1.54) is 12.1 Å². The topological polar surface area (TPSA) is 51.1 Å². The number of amides is 1. The molecule has 1 amide bonds. The van der Waals surface area contributed by atoms with Crippen LogP contribution in [0.25, 0.3) is 0 Å². The summed E-state index contributed by atoms with van der Waals surface area (Å²) in [7, 11) is 1.63. The molecule has 0 aliphatic carbocycles. The van der Waals surface area contributed by atoms with Crippen molar-refractivity contribution in [1.29, 1.82) is 0 Å². The van der Waals surface area contributed by atoms with E-state index < -0.39 is 0 Å². The average molecular weight is 398 g/mol. The standard InChI is InChI=1S/C23H27FN2O3/c1-16(2)12-23(27)26(14-17-8-10-18(24)11-9-17)15-19-13-21(25-29-19)20-6-4-5-7-22(20)28-3/h4-11,16,19H,12-15H2,1-3H3/t19-/m0/s1. The van der Waals surface area contributed by atoms with Crippen molar-refractivity contribution in [2.24, 2.45) is 11.1 Å². The Kier molecular flexibility index (Phi) is 6.86. The lowest BCUT2D eigenvalue weighted by atomic mass is 10.0. The molecule has 0 fully saturated rings. The van der Waals surface area contributed by atoms with Crippen molar-refractivity contribution < 1.29 is 18.8 Å². The molecule has 6 heteroatoms. The zero-order valence-electron chi connectivity index (χ0n) is 17.1. The van der Waals surface area contributed by atoms with E-state index in [0.29, 0.717) is 25.9 Å². The number of carbonyl (C=O) groups excluding carboxylic acids is 1. The van der Waals surface area contributed by atoms with Crippen LogP contribution in [0.3, 0.4) is 0 Å². The molecule has 5 nitrogen and oxygen atoms in total. The highest BCUT2D eigenvalue weighted by molar-refractivity contribution is 6.03. The summed E-state index contributed by atoms with van der Waals surface area (Å²) < 4.78 is 18.6. The fraction of sp³-hybridized carbons (Fsp3) is 0.391. The molecule has 1 heterocycles. The van der Waals surface area contributed by atoms with E-state index in [1.54, 1.807) is 24.1 Å². The van der Waals surface area contributed by atoms with Gasteiger partial charge in [-0.25, -0.2) is 4.39 Å². The molecule has 0 saturated heterocycles. The van der Waals surface area contributed by atoms with E-state index in [0.717, 1.165) is 22.6 Å². The van der Waals surface area contributed by atoms with Gasteiger partial charge in [0, 0.05) is 24.9 Å². The summed E-state index contributed by atoms with van der Waals surface area (Å²) >= 11 is 0. The number of benzene rings is 2. The SMILES string of the molecule is COc1ccccc1C1=NO[C@H](CN(Cc2ccc(F)cc2)C(=O)CC(C)C)C1. The summed E-state index contributed by atoms with van der Waals surface area (Å²) in [5.41, 5.74) is 2.59. The van der Waals surface area contributed by atoms with Crippen LogP contribution in [0.2, 0.25) is 0 Å². The van der Waals surface area contributed by atoms with Crippen LogP contribution in [0.5, 0.6) is 5.75 Å². The monoisotopic (exact) mass is 398 g/mol. The van der Waals surface area contributed by atoms with Crippen LogP contribution >= 0.6 is 0 Å². The van der Waals surface area contributed by atoms with Gasteiger partial charge < -0.3 is 14.5 Å². The van der Waals surface area contributed by atoms with Gasteiger partial charge in [-0.05, 0) is 35.7 Å². The van der Waals surface area contributed by atoms with Crippen molar-refractivity contribution in [2.45, 2.75) is 39.3 Å². The number of oxime groups is 1. The molecule has 0 bridgehead atoms. The summed E-state index contributed by atoms with van der Waals surface area (Å²) in [6.07, 6.45) is 0.815. The highest BCUT2D eigenvalue weighted by atomic mass is 19.1. The Morgan fingerprint density at radius 2 is 1.97 bits per heavy atom. The molecular formula is C23H27FN2O3. The highest BCUT2D eigenvalue weighted by Crippen LogP contribution is 2.25. The summed E-state index contributed by atoms with van der Waals surface area (Å²) in [5.74, 6) is 0.763. The first-order chi connectivity index (χ1) is 14.0. The van der Waals surface area contributed by atoms with Crippen LogP contribution in [0.15, 0.2) is 53.7 Å². The van der Waals surface area contributed by atoms with Crippen LogP contribution in [0.1, 0.15) is 37.8 Å². The average Bonchev–Trinajstić information content (AvgIpc) is 3.17. The zero-order valence-corrected chi connectivity index (χ0v) is 17.1. The Morgan fingerprint density at radius 1 is 1.24 bits per heavy atom. The van der Waals surface area contributed by atoms with Gasteiger partial charge in [0.2, 0.25) is 5.91 Å². The van der Waals surface area contributed by atoms with Crippen LogP contribution in [-0.2, 0) is 16.2 Å². The first-order valence-corrected chi connectivity index (χ1v) is 9.84. The molecule has 154 valence electrons. The maximum Gasteiger partial charge on any atom is 0.223 e. The Balaban J connectivity index is 1.69. The zero-order chi connectivity index (χ0) is 20.8. The fourth-order valence-corrected chi connectivity index (χ4v) is 3.36. The molecule has 3 rings (SSSR count). The minimum absolute atomic E-state index is 0.0543. The van der Waals surface area contributed by atoms with Crippen molar-refractivity contribution >= 4 is 11.6 Å². The van der Waals surface area contributed by atoms with Gasteiger partial charge in [-0.3, -0.25) is 4.79 Å². The predicted molar refractivity (Wildman–Crippen MR) is 110 cm³/mol. The number of methoxy groups -OCH3 is 1. The maximum absolute atomic E-state index is 13.2. The van der Waals surface area contributed by atoms with Crippen molar-refractivity contribution in [1.82, 2.24) is 4.90 Å². The van der Waals surface area contributed by atoms with Crippen LogP contribution in [-0.4, -0.2) is 36.3 Å². The van der Waals surface area contributed by atoms with Gasteiger partial charge in [-0.1, -0.05) is 43.3 Å². The van der Waals surface area contributed by atoms with Gasteiger partial charge in [0.1, 0.15) is 11.6 Å². The number of hydrogen-bond donors (Lipinski definition) is 0. The lowest BCUT2D eigenvalue weighted by Gasteiger charge is -2.26. The highest BCUT2D eigenvalue weighted by Gasteiger charge is 2.28. The molecule has 1 aliphatic rings. The molecule has 29 heavy (non-hydrogen) atoms. The molecule has 2 aromatic carbocycles. The Labute approximate surface area is 171 Å². The quantitative estimate of drug-likeness (QED) is 0.662. The third-order valence-electron chi connectivity index (χ3n) is 4.80. The molecule has 1 atom stereocenters. The predicted octanol–water partition coefficient (Wildman–Crippen LogP) is 4.40. The van der Waals surface area contributed by atoms with E-state index in [9.17, 15) is 9.18 Å². The first kappa shape index (κ1) is 20.8. The lowest BCUT2D eigenvalue weighted by Crippen LogP contribution is -2.37. The second-order valence-electron chi connectivity index (χ2n) is 7.67. The second-order valence-corrected chi connectivity index (χ2v) is 7.67. The van der Waals surface area contributed by atoms with Crippen molar-refractivity contribution in [3.63, 3.8) is 0 Å². The smallest absolute Gasteiger partial charge is 0.223 e. The van der Waals surface area contributed by atoms with E-state index in [2.05, 4.69) is 5.16 Å². The molecule has 0 aromatic heterocycles. The maximum atomic E-state index is 13.2. The van der Waals surface area contributed by atoms with Crippen molar-refractivity contribution in [3.8, 4) is 5.75 Å². The second kappa shape index (κ2) is 9.54. The van der Waals surface area contributed by atoms with Crippen LogP contribution < -0.4 is 4.74 Å². The van der Waals surface area contributed by atoms with Gasteiger partial charge >= 0.3 is 0 Å². The van der Waals surface area contributed by atoms with Gasteiger partial charge in [0.25, 0.3) is 0 Å². The third-order valence-corrected chi connectivity index (χ3v) is 4.80. The summed E-state index contributed by atoms with van der Waals surface area (Å²) in [5, 5.41) is 4.24. The third kappa shape index (κ3) is 5.56. The Morgan fingerprint density at radius 3 is 2.66 bits per heavy atom. The Hall–Kier alpha value is -2.89. The summed E-state index contributed by atoms with van der Waals surface area (Å²) in [6, 6.07) is 13.9. The van der Waals surface area contributed by atoms with Gasteiger partial charge in [0.15, 0.2) is 6.10 Å². The first-order valence-electron chi connectivity index (χ1n) is 9.84. The van der Waals surface area contributed by atoms with Crippen LogP contribution in [0.4, 0.5) is 4.39 Å². The number of halogens is 1. The molecular weight excluding hydrogens is 371 g/mol. The van der Waals surface area contributed by atoms with Crippen molar-refractivity contribution in [2.75, 3.05) is 13.7 Å². The molecule has 1 aliphatic heterocycles. The largest absolute Gasteiger partial charge is 0.496 e. The van der Waals surface area contributed by atoms with E-state index >= 15 is 0 Å². The fourth-order valence-electron chi connectivity index (χ4n) is 3.36. The molecule has 0 saturated carbocycles. The Bertz CT molecular complexity index is 865. The number of carbonyl (C=O) groups is 1. The number of nitrogens with zero attached hydrogens (tertiary/aromatic N) is 2. The molecule has 0 spiro atoms. The molecule has 2 aromatic rings. The minimum Gasteiger partial charge on any atom is -0.496 e. The van der Waals surface area contributed by atoms with E-state index in [4.69, 9.17) is 9.57 Å². The van der Waals surface area contributed by atoms with Gasteiger partial charge in [-0.2, -0.15) is 0 Å². The molecule has 0 N–H and O–H groups in total. The number of para-hydroxylation sites is 1. The lowest BCUT2D eigenvalue weighted by molar-refractivity contribution is -0.134. The molecule has 0 radical (unpaired) electrons. The number of rotatable bonds is 8. The summed E-state index contributed by atoms with van der Waals surface area (Å²) in [6.45, 7) is 4.87. The van der Waals surface area contributed by atoms with Crippen molar-refractivity contribution in [3.05, 3.63) is 65.5 Å². The molecule has 0 unspecified atom stereocenters. The number of hydrogen-bond acceptors (Lipinski definition) is 4. The van der Waals surface area contributed by atoms with Gasteiger partial charge in [-0.15, -0.1) is 0 Å². The van der Waals surface area contributed by atoms with Gasteiger partial charge in [0.05, 0.1) is 19.4 Å². The van der Waals surface area contributed by atoms with E-state index in [-0.39, 0.29) is 23.7 Å².